The van der Waals surface area contributed by atoms with Crippen molar-refractivity contribution in [3.8, 4) is 11.4 Å². The lowest BCUT2D eigenvalue weighted by molar-refractivity contribution is 0.208. The van der Waals surface area contributed by atoms with Gasteiger partial charge >= 0.3 is 6.03 Å². The van der Waals surface area contributed by atoms with Crippen molar-refractivity contribution in [3.63, 3.8) is 0 Å². The average Bonchev–Trinajstić information content (AvgIpc) is 3.55. The van der Waals surface area contributed by atoms with Gasteiger partial charge < -0.3 is 15.1 Å². The normalized spacial score (nSPS) is 16.4. The monoisotopic (exact) mass is 447 g/mol. The zero-order chi connectivity index (χ0) is 22.9. The first-order valence-corrected chi connectivity index (χ1v) is 11.5. The van der Waals surface area contributed by atoms with Gasteiger partial charge in [0.05, 0.1) is 6.04 Å². The third-order valence-electron chi connectivity index (χ3n) is 6.05. The molecule has 0 radical (unpaired) electrons. The number of urea groups is 1. The van der Waals surface area contributed by atoms with Crippen molar-refractivity contribution in [1.29, 1.82) is 0 Å². The zero-order valence-corrected chi connectivity index (χ0v) is 19.3. The highest BCUT2D eigenvalue weighted by molar-refractivity contribution is 5.89. The van der Waals surface area contributed by atoms with Crippen molar-refractivity contribution in [1.82, 2.24) is 35.1 Å². The van der Waals surface area contributed by atoms with Crippen LogP contribution in [0.5, 0.6) is 0 Å². The number of amides is 2. The number of hydrogen-bond acceptors (Lipinski definition) is 7. The number of carbonyl (C=O) groups excluding carboxylic acids is 1. The van der Waals surface area contributed by atoms with Gasteiger partial charge in [-0.2, -0.15) is 0 Å². The lowest BCUT2D eigenvalue weighted by Crippen LogP contribution is -2.50. The van der Waals surface area contributed by atoms with Gasteiger partial charge in [0, 0.05) is 55.1 Å². The van der Waals surface area contributed by atoms with E-state index in [0.717, 1.165) is 60.3 Å². The fourth-order valence-electron chi connectivity index (χ4n) is 3.99. The van der Waals surface area contributed by atoms with E-state index in [4.69, 9.17) is 4.98 Å². The Hall–Kier alpha value is -3.56. The minimum Gasteiger partial charge on any atom is -0.353 e. The van der Waals surface area contributed by atoms with E-state index in [9.17, 15) is 4.79 Å². The molecule has 2 aliphatic rings. The third kappa shape index (κ3) is 4.64. The Kier molecular flexibility index (Phi) is 5.65. The Morgan fingerprint density at radius 3 is 2.45 bits per heavy atom. The number of benzene rings is 1. The van der Waals surface area contributed by atoms with Crippen LogP contribution in [0.1, 0.15) is 50.2 Å². The molecule has 3 aromatic rings. The van der Waals surface area contributed by atoms with E-state index < -0.39 is 0 Å². The molecule has 0 bridgehead atoms. The van der Waals surface area contributed by atoms with Crippen LogP contribution < -0.4 is 10.2 Å². The molecule has 10 nitrogen and oxygen atoms in total. The van der Waals surface area contributed by atoms with Gasteiger partial charge in [-0.25, -0.2) is 19.4 Å². The Balaban J connectivity index is 1.18. The molecule has 0 atom stereocenters. The van der Waals surface area contributed by atoms with E-state index in [1.54, 1.807) is 0 Å². The smallest absolute Gasteiger partial charge is 0.321 e. The van der Waals surface area contributed by atoms with Crippen molar-refractivity contribution in [2.75, 3.05) is 36.4 Å². The number of piperazine rings is 1. The number of aromatic nitrogens is 6. The SMILES string of the molecule is Cc1cc(N2CCN(C(=O)Nc3ccc(-c4nnnn4C4CC4)cc3)CC2)nc(C(C)C)n1. The van der Waals surface area contributed by atoms with Crippen molar-refractivity contribution < 1.29 is 4.79 Å². The van der Waals surface area contributed by atoms with Crippen LogP contribution in [0.2, 0.25) is 0 Å². The second-order valence-corrected chi connectivity index (χ2v) is 9.04. The van der Waals surface area contributed by atoms with Crippen LogP contribution in [-0.4, -0.2) is 67.3 Å². The molecule has 1 saturated carbocycles. The summed E-state index contributed by atoms with van der Waals surface area (Å²) in [5.41, 5.74) is 2.67. The summed E-state index contributed by atoms with van der Waals surface area (Å²) in [6, 6.07) is 10.0. The summed E-state index contributed by atoms with van der Waals surface area (Å²) < 4.78 is 1.89. The van der Waals surface area contributed by atoms with Gasteiger partial charge in [0.2, 0.25) is 0 Å². The Morgan fingerprint density at radius 1 is 1.06 bits per heavy atom. The van der Waals surface area contributed by atoms with Crippen LogP contribution in [-0.2, 0) is 0 Å². The Morgan fingerprint density at radius 2 is 1.79 bits per heavy atom. The molecule has 2 fully saturated rings. The molecule has 2 aromatic heterocycles. The molecule has 1 aliphatic carbocycles. The van der Waals surface area contributed by atoms with Crippen molar-refractivity contribution in [2.24, 2.45) is 0 Å². The largest absolute Gasteiger partial charge is 0.353 e. The van der Waals surface area contributed by atoms with Crippen LogP contribution in [0.4, 0.5) is 16.3 Å². The first-order valence-electron chi connectivity index (χ1n) is 11.5. The number of nitrogens with one attached hydrogen (secondary N) is 1. The predicted molar refractivity (Wildman–Crippen MR) is 125 cm³/mol. The summed E-state index contributed by atoms with van der Waals surface area (Å²) >= 11 is 0. The molecule has 0 unspecified atom stereocenters. The molecule has 172 valence electrons. The number of nitrogens with zero attached hydrogens (tertiary/aromatic N) is 8. The van der Waals surface area contributed by atoms with Gasteiger partial charge in [0.25, 0.3) is 0 Å². The van der Waals surface area contributed by atoms with Crippen LogP contribution in [0.15, 0.2) is 30.3 Å². The van der Waals surface area contributed by atoms with Gasteiger partial charge in [-0.1, -0.05) is 13.8 Å². The highest BCUT2D eigenvalue weighted by Crippen LogP contribution is 2.36. The molecule has 0 spiro atoms. The molecule has 2 amide bonds. The van der Waals surface area contributed by atoms with Crippen LogP contribution >= 0.6 is 0 Å². The quantitative estimate of drug-likeness (QED) is 0.640. The van der Waals surface area contributed by atoms with E-state index in [-0.39, 0.29) is 11.9 Å². The maximum atomic E-state index is 12.8. The highest BCUT2D eigenvalue weighted by Gasteiger charge is 2.28. The van der Waals surface area contributed by atoms with E-state index in [2.05, 4.69) is 44.6 Å². The summed E-state index contributed by atoms with van der Waals surface area (Å²) in [4.78, 5) is 26.1. The third-order valence-corrected chi connectivity index (χ3v) is 6.05. The first-order chi connectivity index (χ1) is 16.0. The average molecular weight is 448 g/mol. The molecule has 10 heteroatoms. The summed E-state index contributed by atoms with van der Waals surface area (Å²) in [5, 5.41) is 15.1. The topological polar surface area (TPSA) is 105 Å². The maximum Gasteiger partial charge on any atom is 0.321 e. The zero-order valence-electron chi connectivity index (χ0n) is 19.3. The molecular weight excluding hydrogens is 418 g/mol. The fourth-order valence-corrected chi connectivity index (χ4v) is 3.99. The molecule has 1 aliphatic heterocycles. The van der Waals surface area contributed by atoms with Gasteiger partial charge in [0.1, 0.15) is 11.6 Å². The summed E-state index contributed by atoms with van der Waals surface area (Å²) in [7, 11) is 0. The predicted octanol–water partition coefficient (Wildman–Crippen LogP) is 3.25. The number of tetrazole rings is 1. The van der Waals surface area contributed by atoms with Gasteiger partial charge in [0.15, 0.2) is 5.82 Å². The second-order valence-electron chi connectivity index (χ2n) is 9.04. The van der Waals surface area contributed by atoms with E-state index in [0.29, 0.717) is 19.1 Å². The standard InChI is InChI=1S/C23H29N9O/c1-15(2)21-24-16(3)14-20(26-21)30-10-12-31(13-11-30)23(33)25-18-6-4-17(5-7-18)22-27-28-29-32(22)19-8-9-19/h4-7,14-15,19H,8-13H2,1-3H3,(H,25,33). The summed E-state index contributed by atoms with van der Waals surface area (Å²) in [5.74, 6) is 2.85. The maximum absolute atomic E-state index is 12.8. The number of rotatable bonds is 5. The minimum absolute atomic E-state index is 0.0908. The van der Waals surface area contributed by atoms with E-state index in [1.807, 2.05) is 46.8 Å². The lowest BCUT2D eigenvalue weighted by atomic mass is 10.2. The van der Waals surface area contributed by atoms with E-state index in [1.165, 1.54) is 0 Å². The molecule has 1 saturated heterocycles. The van der Waals surface area contributed by atoms with Crippen LogP contribution in [0.3, 0.4) is 0 Å². The first kappa shape index (κ1) is 21.3. The molecule has 3 heterocycles. The van der Waals surface area contributed by atoms with Gasteiger partial charge in [-0.3, -0.25) is 0 Å². The van der Waals surface area contributed by atoms with Crippen molar-refractivity contribution >= 4 is 17.5 Å². The minimum atomic E-state index is -0.0908. The number of hydrogen-bond donors (Lipinski definition) is 1. The molecular formula is C23H29N9O. The van der Waals surface area contributed by atoms with Crippen LogP contribution in [0.25, 0.3) is 11.4 Å². The number of carbonyl (C=O) groups is 1. The highest BCUT2D eigenvalue weighted by atomic mass is 16.2. The summed E-state index contributed by atoms with van der Waals surface area (Å²) in [6.45, 7) is 8.96. The molecule has 1 aromatic carbocycles. The second kappa shape index (κ2) is 8.76. The van der Waals surface area contributed by atoms with Crippen molar-refractivity contribution in [3.05, 3.63) is 41.9 Å². The molecule has 1 N–H and O–H groups in total. The Bertz CT molecular complexity index is 1130. The van der Waals surface area contributed by atoms with Crippen LogP contribution in [0, 0.1) is 6.92 Å². The lowest BCUT2D eigenvalue weighted by Gasteiger charge is -2.35. The molecule has 33 heavy (non-hydrogen) atoms. The summed E-state index contributed by atoms with van der Waals surface area (Å²) in [6.07, 6.45) is 2.24. The van der Waals surface area contributed by atoms with Gasteiger partial charge in [-0.05, 0) is 54.5 Å². The van der Waals surface area contributed by atoms with E-state index >= 15 is 0 Å². The fraction of sp³-hybridized carbons (Fsp3) is 0.478. The molecule has 5 rings (SSSR count). The number of anilines is 2. The number of aryl methyl sites for hydroxylation is 1. The van der Waals surface area contributed by atoms with Crippen molar-refractivity contribution in [2.45, 2.75) is 45.6 Å². The Labute approximate surface area is 193 Å². The van der Waals surface area contributed by atoms with Gasteiger partial charge in [-0.15, -0.1) is 5.10 Å².